The SMILES string of the molecule is COc1cccc(N2CCC(N(C)C(=O)C3(Br)CC3(Br)Br)C2=O)c1. The Morgan fingerprint density at radius 1 is 1.38 bits per heavy atom. The zero-order chi connectivity index (χ0) is 17.7. The molecule has 0 spiro atoms. The van der Waals surface area contributed by atoms with Crippen LogP contribution in [-0.2, 0) is 9.59 Å². The molecule has 130 valence electrons. The van der Waals surface area contributed by atoms with E-state index in [1.54, 1.807) is 24.0 Å². The summed E-state index contributed by atoms with van der Waals surface area (Å²) >= 11 is 10.5. The Labute approximate surface area is 166 Å². The number of rotatable bonds is 4. The van der Waals surface area contributed by atoms with E-state index in [1.807, 2.05) is 24.3 Å². The van der Waals surface area contributed by atoms with Gasteiger partial charge < -0.3 is 14.5 Å². The van der Waals surface area contributed by atoms with Gasteiger partial charge in [-0.15, -0.1) is 0 Å². The van der Waals surface area contributed by atoms with Gasteiger partial charge in [-0.25, -0.2) is 0 Å². The lowest BCUT2D eigenvalue weighted by Gasteiger charge is -2.27. The number of hydrogen-bond donors (Lipinski definition) is 0. The maximum atomic E-state index is 12.8. The van der Waals surface area contributed by atoms with Crippen molar-refractivity contribution in [2.75, 3.05) is 25.6 Å². The van der Waals surface area contributed by atoms with Gasteiger partial charge in [-0.1, -0.05) is 53.9 Å². The topological polar surface area (TPSA) is 49.9 Å². The molecule has 8 heteroatoms. The Morgan fingerprint density at radius 3 is 2.62 bits per heavy atom. The van der Waals surface area contributed by atoms with E-state index in [9.17, 15) is 9.59 Å². The van der Waals surface area contributed by atoms with E-state index in [4.69, 9.17) is 4.74 Å². The number of benzene rings is 1. The number of hydrogen-bond acceptors (Lipinski definition) is 3. The highest BCUT2D eigenvalue weighted by Gasteiger charge is 2.70. The number of carbonyl (C=O) groups is 2. The molecule has 1 aromatic rings. The molecule has 1 heterocycles. The molecule has 0 bridgehead atoms. The molecule has 3 rings (SSSR count). The van der Waals surface area contributed by atoms with Crippen molar-refractivity contribution in [3.8, 4) is 5.75 Å². The van der Waals surface area contributed by atoms with Crippen LogP contribution in [0.25, 0.3) is 0 Å². The van der Waals surface area contributed by atoms with Crippen molar-refractivity contribution in [3.63, 3.8) is 0 Å². The number of halogens is 3. The summed E-state index contributed by atoms with van der Waals surface area (Å²) in [6.07, 6.45) is 1.24. The molecule has 1 saturated heterocycles. The number of amides is 2. The molecule has 2 unspecified atom stereocenters. The molecule has 5 nitrogen and oxygen atoms in total. The Balaban J connectivity index is 1.75. The molecule has 0 aromatic heterocycles. The zero-order valence-electron chi connectivity index (χ0n) is 13.3. The van der Waals surface area contributed by atoms with Gasteiger partial charge in [0.1, 0.15) is 19.3 Å². The van der Waals surface area contributed by atoms with Crippen LogP contribution >= 0.6 is 47.8 Å². The first-order valence-electron chi connectivity index (χ1n) is 7.51. The lowest BCUT2D eigenvalue weighted by molar-refractivity contribution is -0.136. The van der Waals surface area contributed by atoms with Crippen LogP contribution < -0.4 is 9.64 Å². The third-order valence-electron chi connectivity index (χ3n) is 4.59. The van der Waals surface area contributed by atoms with Crippen LogP contribution in [0.3, 0.4) is 0 Å². The molecular formula is C16H17Br3N2O3. The monoisotopic (exact) mass is 522 g/mol. The maximum absolute atomic E-state index is 12.8. The molecular weight excluding hydrogens is 508 g/mol. The number of anilines is 1. The zero-order valence-corrected chi connectivity index (χ0v) is 18.0. The summed E-state index contributed by atoms with van der Waals surface area (Å²) in [5, 5.41) is 0. The molecule has 24 heavy (non-hydrogen) atoms. The van der Waals surface area contributed by atoms with Crippen LogP contribution in [0.2, 0.25) is 0 Å². The molecule has 1 aromatic carbocycles. The number of alkyl halides is 3. The normalized spacial score (nSPS) is 28.0. The Bertz CT molecular complexity index is 697. The highest BCUT2D eigenvalue weighted by molar-refractivity contribution is 9.26. The average Bonchev–Trinajstić information content (AvgIpc) is 2.89. The largest absolute Gasteiger partial charge is 0.497 e. The summed E-state index contributed by atoms with van der Waals surface area (Å²) in [5.41, 5.74) is 0.790. The lowest BCUT2D eigenvalue weighted by Crippen LogP contribution is -2.47. The van der Waals surface area contributed by atoms with E-state index in [2.05, 4.69) is 47.8 Å². The number of ether oxygens (including phenoxy) is 1. The van der Waals surface area contributed by atoms with Crippen molar-refractivity contribution in [1.82, 2.24) is 4.90 Å². The third-order valence-corrected chi connectivity index (χ3v) is 8.86. The Kier molecular flexibility index (Phi) is 4.77. The quantitative estimate of drug-likeness (QED) is 0.568. The van der Waals surface area contributed by atoms with E-state index in [1.165, 1.54) is 0 Å². The Hall–Kier alpha value is -0.600. The molecule has 2 amide bonds. The van der Waals surface area contributed by atoms with Crippen molar-refractivity contribution in [2.45, 2.75) is 26.4 Å². The molecule has 2 atom stereocenters. The van der Waals surface area contributed by atoms with E-state index < -0.39 is 13.6 Å². The molecule has 0 N–H and O–H groups in total. The summed E-state index contributed by atoms with van der Waals surface area (Å²) in [5.74, 6) is 0.543. The summed E-state index contributed by atoms with van der Waals surface area (Å²) in [6.45, 7) is 0.581. The second kappa shape index (κ2) is 6.29. The minimum atomic E-state index is -0.696. The van der Waals surface area contributed by atoms with Gasteiger partial charge in [0.05, 0.1) is 7.11 Å². The fourth-order valence-electron chi connectivity index (χ4n) is 2.97. The second-order valence-corrected chi connectivity index (χ2v) is 11.2. The molecule has 1 saturated carbocycles. The molecule has 0 radical (unpaired) electrons. The van der Waals surface area contributed by atoms with Crippen molar-refractivity contribution < 1.29 is 14.3 Å². The van der Waals surface area contributed by atoms with Crippen LogP contribution in [0.5, 0.6) is 5.75 Å². The van der Waals surface area contributed by atoms with Crippen molar-refractivity contribution in [2.24, 2.45) is 0 Å². The number of nitrogens with zero attached hydrogens (tertiary/aromatic N) is 2. The van der Waals surface area contributed by atoms with Gasteiger partial charge in [-0.3, -0.25) is 9.59 Å². The van der Waals surface area contributed by atoms with E-state index >= 15 is 0 Å². The van der Waals surface area contributed by atoms with Crippen LogP contribution in [-0.4, -0.2) is 51.0 Å². The lowest BCUT2D eigenvalue weighted by atomic mass is 10.2. The van der Waals surface area contributed by atoms with Crippen molar-refractivity contribution >= 4 is 65.3 Å². The summed E-state index contributed by atoms with van der Waals surface area (Å²) in [6, 6.07) is 6.95. The van der Waals surface area contributed by atoms with Gasteiger partial charge in [0.25, 0.3) is 0 Å². The molecule has 2 fully saturated rings. The molecule has 2 aliphatic rings. The fraction of sp³-hybridized carbons (Fsp3) is 0.500. The van der Waals surface area contributed by atoms with Crippen molar-refractivity contribution in [3.05, 3.63) is 24.3 Å². The first-order chi connectivity index (χ1) is 11.2. The third kappa shape index (κ3) is 2.90. The summed E-state index contributed by atoms with van der Waals surface area (Å²) in [7, 11) is 3.29. The van der Waals surface area contributed by atoms with E-state index in [-0.39, 0.29) is 11.8 Å². The number of carbonyl (C=O) groups excluding carboxylic acids is 2. The van der Waals surface area contributed by atoms with Gasteiger partial charge in [0.2, 0.25) is 11.8 Å². The predicted octanol–water partition coefficient (Wildman–Crippen LogP) is 3.28. The smallest absolute Gasteiger partial charge is 0.249 e. The minimum Gasteiger partial charge on any atom is -0.497 e. The van der Waals surface area contributed by atoms with Crippen LogP contribution in [0.4, 0.5) is 5.69 Å². The second-order valence-electron chi connectivity index (χ2n) is 6.09. The maximum Gasteiger partial charge on any atom is 0.249 e. The van der Waals surface area contributed by atoms with Crippen molar-refractivity contribution in [1.29, 1.82) is 0 Å². The van der Waals surface area contributed by atoms with Gasteiger partial charge in [0.15, 0.2) is 0 Å². The van der Waals surface area contributed by atoms with Crippen LogP contribution in [0.1, 0.15) is 12.8 Å². The highest BCUT2D eigenvalue weighted by atomic mass is 79.9. The summed E-state index contributed by atoms with van der Waals surface area (Å²) in [4.78, 5) is 28.8. The van der Waals surface area contributed by atoms with Gasteiger partial charge in [-0.05, 0) is 18.6 Å². The first kappa shape index (κ1) is 18.2. The first-order valence-corrected chi connectivity index (χ1v) is 9.88. The van der Waals surface area contributed by atoms with Gasteiger partial charge >= 0.3 is 0 Å². The van der Waals surface area contributed by atoms with Crippen LogP contribution in [0, 0.1) is 0 Å². The highest BCUT2D eigenvalue weighted by Crippen LogP contribution is 2.65. The number of methoxy groups -OCH3 is 1. The Morgan fingerprint density at radius 2 is 2.04 bits per heavy atom. The summed E-state index contributed by atoms with van der Waals surface area (Å²) < 4.78 is 4.08. The standard InChI is InChI=1S/C16H17Br3N2O3/c1-20(14(23)15(17)9-16(15,18)19)12-6-7-21(13(12)22)10-4-3-5-11(8-10)24-2/h3-5,8,12H,6-7,9H2,1-2H3. The van der Waals surface area contributed by atoms with Gasteiger partial charge in [0, 0.05) is 31.8 Å². The average molecular weight is 525 g/mol. The van der Waals surface area contributed by atoms with Crippen LogP contribution in [0.15, 0.2) is 24.3 Å². The van der Waals surface area contributed by atoms with E-state index in [0.29, 0.717) is 25.1 Å². The van der Waals surface area contributed by atoms with Gasteiger partial charge in [-0.2, -0.15) is 0 Å². The molecule has 1 aliphatic carbocycles. The predicted molar refractivity (Wildman–Crippen MR) is 103 cm³/mol. The fourth-order valence-corrected chi connectivity index (χ4v) is 5.61. The number of likely N-dealkylation sites (N-methyl/N-ethyl adjacent to an activating group) is 1. The van der Waals surface area contributed by atoms with E-state index in [0.717, 1.165) is 5.69 Å². The molecule has 1 aliphatic heterocycles. The minimum absolute atomic E-state index is 0.0643.